The minimum atomic E-state index is 0.570. The van der Waals surface area contributed by atoms with Gasteiger partial charge in [-0.05, 0) is 61.2 Å². The van der Waals surface area contributed by atoms with E-state index in [1.807, 2.05) is 24.3 Å². The first-order valence-corrected chi connectivity index (χ1v) is 8.49. The molecule has 4 heteroatoms. The largest absolute Gasteiger partial charge is 0.496 e. The molecule has 1 aliphatic rings. The highest BCUT2D eigenvalue weighted by atomic mass is 32.1. The van der Waals surface area contributed by atoms with Crippen LogP contribution in [0.2, 0.25) is 0 Å². The Balaban J connectivity index is 0.000000471. The van der Waals surface area contributed by atoms with Crippen LogP contribution in [0.1, 0.15) is 35.4 Å². The Morgan fingerprint density at radius 1 is 1.04 bits per heavy atom. The van der Waals surface area contributed by atoms with E-state index in [4.69, 9.17) is 9.47 Å². The highest BCUT2D eigenvalue weighted by molar-refractivity contribution is 7.78. The third kappa shape index (κ3) is 4.96. The molecule has 0 saturated heterocycles. The van der Waals surface area contributed by atoms with Gasteiger partial charge in [0.15, 0.2) is 0 Å². The van der Waals surface area contributed by atoms with Gasteiger partial charge in [0.25, 0.3) is 0 Å². The molecule has 128 valence electrons. The van der Waals surface area contributed by atoms with Crippen LogP contribution in [-0.4, -0.2) is 19.8 Å². The van der Waals surface area contributed by atoms with E-state index < -0.39 is 0 Å². The molecule has 0 spiro atoms. The summed E-state index contributed by atoms with van der Waals surface area (Å²) in [6.07, 6.45) is 2.56. The number of rotatable bonds is 6. The Kier molecular flexibility index (Phi) is 7.07. The van der Waals surface area contributed by atoms with E-state index >= 15 is 0 Å². The lowest BCUT2D eigenvalue weighted by molar-refractivity contribution is 0.293. The second-order valence-corrected chi connectivity index (χ2v) is 5.88. The van der Waals surface area contributed by atoms with Gasteiger partial charge in [-0.1, -0.05) is 30.3 Å². The van der Waals surface area contributed by atoms with Crippen molar-refractivity contribution in [3.8, 4) is 11.5 Å². The number of hydrogen-bond donors (Lipinski definition) is 0. The van der Waals surface area contributed by atoms with E-state index in [1.165, 1.54) is 36.6 Å². The average molecular weight is 344 g/mol. The molecule has 2 aromatic rings. The van der Waals surface area contributed by atoms with Gasteiger partial charge in [0.1, 0.15) is 23.7 Å². The number of benzene rings is 2. The van der Waals surface area contributed by atoms with Crippen molar-refractivity contribution >= 4 is 17.8 Å². The summed E-state index contributed by atoms with van der Waals surface area (Å²) in [5.41, 5.74) is 4.95. The fourth-order valence-corrected chi connectivity index (χ4v) is 2.57. The highest BCUT2D eigenvalue weighted by Crippen LogP contribution is 2.43. The summed E-state index contributed by atoms with van der Waals surface area (Å²) in [6.45, 7) is 2.64. The van der Waals surface area contributed by atoms with Gasteiger partial charge in [-0.25, -0.2) is 0 Å². The summed E-state index contributed by atoms with van der Waals surface area (Å²) in [5, 5.41) is 0. The van der Waals surface area contributed by atoms with Crippen LogP contribution in [0.3, 0.4) is 0 Å². The van der Waals surface area contributed by atoms with Crippen molar-refractivity contribution in [3.05, 3.63) is 59.2 Å². The zero-order valence-corrected chi connectivity index (χ0v) is 15.3. The first-order valence-electron chi connectivity index (χ1n) is 8.01. The van der Waals surface area contributed by atoms with Crippen molar-refractivity contribution < 1.29 is 14.2 Å². The molecule has 3 rings (SSSR count). The van der Waals surface area contributed by atoms with E-state index in [0.717, 1.165) is 17.1 Å². The molecule has 2 aromatic carbocycles. The van der Waals surface area contributed by atoms with E-state index in [0.29, 0.717) is 12.5 Å². The standard InChI is InChI=1S/C18H20O2.C2H4OS/c1-13-6-3-4-8-17(13)20-12-16-15(14-10-11-14)7-5-9-18(16)19-2;1-3-2-4/h3-9,14H,10-12H2,1-2H3;2H,1H3. The van der Waals surface area contributed by atoms with Crippen LogP contribution in [0, 0.1) is 6.92 Å². The molecule has 0 radical (unpaired) electrons. The summed E-state index contributed by atoms with van der Waals surface area (Å²) in [4.78, 5) is 0. The zero-order valence-electron chi connectivity index (χ0n) is 14.5. The summed E-state index contributed by atoms with van der Waals surface area (Å²) in [6, 6.07) is 14.4. The first kappa shape index (κ1) is 18.3. The third-order valence-electron chi connectivity index (χ3n) is 3.97. The number of para-hydroxylation sites is 1. The predicted molar refractivity (Wildman–Crippen MR) is 101 cm³/mol. The number of aryl methyl sites for hydroxylation is 1. The number of methoxy groups -OCH3 is 2. The molecule has 0 heterocycles. The smallest absolute Gasteiger partial charge is 0.145 e. The first-order chi connectivity index (χ1) is 11.7. The molecule has 3 nitrogen and oxygen atoms in total. The van der Waals surface area contributed by atoms with Gasteiger partial charge >= 0.3 is 0 Å². The Morgan fingerprint density at radius 2 is 1.71 bits per heavy atom. The molecular formula is C20H24O3S. The second-order valence-electron chi connectivity index (χ2n) is 5.69. The van der Waals surface area contributed by atoms with Crippen molar-refractivity contribution in [2.24, 2.45) is 0 Å². The Morgan fingerprint density at radius 3 is 2.29 bits per heavy atom. The molecule has 0 atom stereocenters. The third-order valence-corrected chi connectivity index (χ3v) is 4.16. The zero-order chi connectivity index (χ0) is 17.4. The lowest BCUT2D eigenvalue weighted by atomic mass is 10.0. The molecule has 0 aromatic heterocycles. The monoisotopic (exact) mass is 344 g/mol. The molecule has 0 bridgehead atoms. The Bertz CT molecular complexity index is 666. The van der Waals surface area contributed by atoms with Crippen LogP contribution < -0.4 is 9.47 Å². The van der Waals surface area contributed by atoms with Crippen LogP contribution in [0.4, 0.5) is 0 Å². The van der Waals surface area contributed by atoms with Crippen molar-refractivity contribution in [2.45, 2.75) is 32.3 Å². The van der Waals surface area contributed by atoms with Gasteiger partial charge in [-0.15, -0.1) is 0 Å². The molecule has 0 unspecified atom stereocenters. The number of ether oxygens (including phenoxy) is 3. The normalized spacial score (nSPS) is 12.6. The van der Waals surface area contributed by atoms with Crippen molar-refractivity contribution in [3.63, 3.8) is 0 Å². The second kappa shape index (κ2) is 9.28. The topological polar surface area (TPSA) is 27.7 Å². The quantitative estimate of drug-likeness (QED) is 0.685. The summed E-state index contributed by atoms with van der Waals surface area (Å²) in [5.74, 6) is 2.57. The molecule has 0 aliphatic heterocycles. The maximum absolute atomic E-state index is 6.00. The van der Waals surface area contributed by atoms with Gasteiger partial charge in [-0.2, -0.15) is 0 Å². The van der Waals surface area contributed by atoms with Crippen molar-refractivity contribution in [2.75, 3.05) is 14.2 Å². The molecular weight excluding hydrogens is 320 g/mol. The van der Waals surface area contributed by atoms with Crippen LogP contribution in [0.15, 0.2) is 42.5 Å². The van der Waals surface area contributed by atoms with Crippen LogP contribution in [0.5, 0.6) is 11.5 Å². The van der Waals surface area contributed by atoms with Gasteiger partial charge in [-0.3, -0.25) is 0 Å². The van der Waals surface area contributed by atoms with E-state index in [9.17, 15) is 0 Å². The molecule has 1 fully saturated rings. The van der Waals surface area contributed by atoms with E-state index in [2.05, 4.69) is 42.1 Å². The van der Waals surface area contributed by atoms with Gasteiger partial charge < -0.3 is 14.2 Å². The lowest BCUT2D eigenvalue weighted by Gasteiger charge is -2.15. The summed E-state index contributed by atoms with van der Waals surface area (Å²) in [7, 11) is 3.25. The van der Waals surface area contributed by atoms with Crippen LogP contribution in [-0.2, 0) is 11.3 Å². The maximum Gasteiger partial charge on any atom is 0.145 e. The fourth-order valence-electron chi connectivity index (χ4n) is 2.57. The molecule has 24 heavy (non-hydrogen) atoms. The Hall–Kier alpha value is -2.07. The predicted octanol–water partition coefficient (Wildman–Crippen LogP) is 5.05. The van der Waals surface area contributed by atoms with Crippen LogP contribution >= 0.6 is 12.2 Å². The SMILES string of the molecule is COC=S.COc1cccc(C2CC2)c1COc1ccccc1C. The number of thiocarbonyl (C=S) groups is 1. The lowest BCUT2D eigenvalue weighted by Crippen LogP contribution is -2.03. The summed E-state index contributed by atoms with van der Waals surface area (Å²) >= 11 is 4.21. The fraction of sp³-hybridized carbons (Fsp3) is 0.350. The minimum absolute atomic E-state index is 0.570. The highest BCUT2D eigenvalue weighted by Gasteiger charge is 2.27. The van der Waals surface area contributed by atoms with Crippen molar-refractivity contribution in [1.29, 1.82) is 0 Å². The van der Waals surface area contributed by atoms with Gasteiger partial charge in [0.2, 0.25) is 0 Å². The van der Waals surface area contributed by atoms with E-state index in [1.54, 1.807) is 7.11 Å². The minimum Gasteiger partial charge on any atom is -0.496 e. The number of hydrogen-bond acceptors (Lipinski definition) is 4. The average Bonchev–Trinajstić information content (AvgIpc) is 3.46. The van der Waals surface area contributed by atoms with E-state index in [-0.39, 0.29) is 0 Å². The molecule has 0 N–H and O–H groups in total. The van der Waals surface area contributed by atoms with Gasteiger partial charge in [0, 0.05) is 5.56 Å². The molecule has 1 aliphatic carbocycles. The van der Waals surface area contributed by atoms with Crippen molar-refractivity contribution in [1.82, 2.24) is 0 Å². The van der Waals surface area contributed by atoms with Gasteiger partial charge in [0.05, 0.1) is 14.2 Å². The van der Waals surface area contributed by atoms with Crippen LogP contribution in [0.25, 0.3) is 0 Å². The summed E-state index contributed by atoms with van der Waals surface area (Å²) < 4.78 is 15.7. The molecule has 1 saturated carbocycles. The molecule has 0 amide bonds. The Labute approximate surface area is 149 Å². The maximum atomic E-state index is 6.00.